The summed E-state index contributed by atoms with van der Waals surface area (Å²) in [4.78, 5) is 0. The summed E-state index contributed by atoms with van der Waals surface area (Å²) in [5.74, 6) is -2.94. The Morgan fingerprint density at radius 2 is 0.837 bits per heavy atom. The Morgan fingerprint density at radius 1 is 0.512 bits per heavy atom. The summed E-state index contributed by atoms with van der Waals surface area (Å²) >= 11 is -4.83. The van der Waals surface area contributed by atoms with Crippen LogP contribution in [0, 0.1) is 51.0 Å². The molecule has 43 heavy (non-hydrogen) atoms. The fourth-order valence-corrected chi connectivity index (χ4v) is 15.8. The van der Waals surface area contributed by atoms with Gasteiger partial charge in [0.25, 0.3) is 0 Å². The van der Waals surface area contributed by atoms with Crippen molar-refractivity contribution < 1.29 is 34.2 Å². The Bertz CT molecular complexity index is 1640. The van der Waals surface area contributed by atoms with Crippen LogP contribution in [0.5, 0.6) is 0 Å². The summed E-state index contributed by atoms with van der Waals surface area (Å²) in [7, 11) is 0. The SMILES string of the molecule is Cc1ccc(C)n1Cc1ccc(F)[c]([Ti]([c]2c(F)ccc(Cn3c(C)ccc3C)c2F)([CH]2C=CC=C2)[CH]2C=CC=C2)c1F. The van der Waals surface area contributed by atoms with E-state index in [2.05, 4.69) is 0 Å². The summed E-state index contributed by atoms with van der Waals surface area (Å²) in [6.45, 7) is 8.11. The van der Waals surface area contributed by atoms with Crippen molar-refractivity contribution in [1.82, 2.24) is 9.13 Å². The van der Waals surface area contributed by atoms with Crippen LogP contribution in [0.2, 0.25) is 8.45 Å². The van der Waals surface area contributed by atoms with E-state index in [1.54, 1.807) is 0 Å². The first-order valence-electron chi connectivity index (χ1n) is 14.5. The number of nitrogens with zero attached hydrogens (tertiary/aromatic N) is 2. The number of hydrogen-bond acceptors (Lipinski definition) is 0. The van der Waals surface area contributed by atoms with Gasteiger partial charge in [-0.1, -0.05) is 0 Å². The van der Waals surface area contributed by atoms with Crippen molar-refractivity contribution in [3.05, 3.63) is 154 Å². The summed E-state index contributed by atoms with van der Waals surface area (Å²) in [6.07, 6.45) is 14.7. The predicted octanol–water partition coefficient (Wildman–Crippen LogP) is 8.11. The molecule has 0 radical (unpaired) electrons. The normalized spacial score (nSPS) is 15.1. The van der Waals surface area contributed by atoms with Gasteiger partial charge in [0.1, 0.15) is 0 Å². The van der Waals surface area contributed by atoms with E-state index in [1.807, 2.05) is 110 Å². The molecule has 0 spiro atoms. The molecular formula is C36H34F4N2Ti. The van der Waals surface area contributed by atoms with Crippen LogP contribution in [0.1, 0.15) is 33.9 Å². The number of halogens is 4. The van der Waals surface area contributed by atoms with E-state index in [0.717, 1.165) is 22.8 Å². The molecule has 220 valence electrons. The van der Waals surface area contributed by atoms with Gasteiger partial charge in [0.2, 0.25) is 0 Å². The molecule has 0 unspecified atom stereocenters. The Kier molecular flexibility index (Phi) is 7.86. The van der Waals surface area contributed by atoms with Gasteiger partial charge in [-0.05, 0) is 0 Å². The molecule has 0 aliphatic heterocycles. The van der Waals surface area contributed by atoms with Crippen molar-refractivity contribution in [2.75, 3.05) is 0 Å². The Labute approximate surface area is 253 Å². The molecule has 0 saturated carbocycles. The van der Waals surface area contributed by atoms with Crippen LogP contribution in [-0.2, 0) is 29.7 Å². The van der Waals surface area contributed by atoms with Gasteiger partial charge in [-0.2, -0.15) is 0 Å². The quantitative estimate of drug-likeness (QED) is 0.140. The van der Waals surface area contributed by atoms with E-state index < -0.39 is 48.3 Å². The van der Waals surface area contributed by atoms with Gasteiger partial charge in [0.15, 0.2) is 0 Å². The monoisotopic (exact) mass is 618 g/mol. The molecule has 6 rings (SSSR count). The van der Waals surface area contributed by atoms with Crippen LogP contribution in [-0.4, -0.2) is 9.13 Å². The topological polar surface area (TPSA) is 9.86 Å². The molecule has 4 aromatic rings. The molecule has 2 aromatic carbocycles. The Balaban J connectivity index is 1.65. The number of hydrogen-bond donors (Lipinski definition) is 0. The molecule has 0 fully saturated rings. The number of benzene rings is 2. The van der Waals surface area contributed by atoms with Crippen LogP contribution >= 0.6 is 0 Å². The molecular weight excluding hydrogens is 584 g/mol. The molecule has 0 saturated heterocycles. The summed E-state index contributed by atoms with van der Waals surface area (Å²) in [6, 6.07) is 13.3. The molecule has 2 aromatic heterocycles. The van der Waals surface area contributed by atoms with Gasteiger partial charge >= 0.3 is 255 Å². The van der Waals surface area contributed by atoms with Crippen molar-refractivity contribution in [2.45, 2.75) is 49.2 Å². The summed E-state index contributed by atoms with van der Waals surface area (Å²) < 4.78 is 69.5. The molecule has 2 aliphatic rings. The molecule has 0 bridgehead atoms. The molecule has 2 nitrogen and oxygen atoms in total. The van der Waals surface area contributed by atoms with Gasteiger partial charge < -0.3 is 0 Å². The van der Waals surface area contributed by atoms with E-state index >= 15 is 17.6 Å². The third-order valence-electron chi connectivity index (χ3n) is 9.21. The zero-order chi connectivity index (χ0) is 30.5. The van der Waals surface area contributed by atoms with Crippen LogP contribution in [0.4, 0.5) is 17.6 Å². The standard InChI is InChI=1S/2C13H12F2N.2C5H5.Ti/c2*1-9-3-4-10(2)16(9)8-11-5-6-12(14)7-13(11)15;2*1-2-4-5-3-1;/h2*3-6H,8H2,1-2H3;2*1-5H;. The maximum atomic E-state index is 17.1. The second kappa shape index (κ2) is 11.5. The van der Waals surface area contributed by atoms with Gasteiger partial charge in [0, 0.05) is 0 Å². The van der Waals surface area contributed by atoms with E-state index in [9.17, 15) is 0 Å². The zero-order valence-electron chi connectivity index (χ0n) is 24.7. The first kappa shape index (κ1) is 29.5. The Morgan fingerprint density at radius 3 is 1.16 bits per heavy atom. The average Bonchev–Trinajstić information content (AvgIpc) is 3.80. The minimum atomic E-state index is -4.83. The van der Waals surface area contributed by atoms with Gasteiger partial charge in [-0.3, -0.25) is 0 Å². The molecule has 0 amide bonds. The van der Waals surface area contributed by atoms with Crippen LogP contribution in [0.25, 0.3) is 0 Å². The molecule has 0 N–H and O–H groups in total. The Hall–Kier alpha value is -3.61. The summed E-state index contributed by atoms with van der Waals surface area (Å²) in [5.41, 5.74) is 4.36. The van der Waals surface area contributed by atoms with Gasteiger partial charge in [-0.25, -0.2) is 0 Å². The van der Waals surface area contributed by atoms with Crippen molar-refractivity contribution in [3.63, 3.8) is 0 Å². The van der Waals surface area contributed by atoms with Crippen LogP contribution in [0.3, 0.4) is 0 Å². The molecule has 2 aliphatic carbocycles. The van der Waals surface area contributed by atoms with Crippen LogP contribution < -0.4 is 7.74 Å². The first-order chi connectivity index (χ1) is 20.6. The second-order valence-electron chi connectivity index (χ2n) is 11.7. The molecule has 0 atom stereocenters. The third-order valence-corrected chi connectivity index (χ3v) is 17.7. The zero-order valence-corrected chi connectivity index (χ0v) is 26.3. The number of rotatable bonds is 8. The predicted molar refractivity (Wildman–Crippen MR) is 162 cm³/mol. The van der Waals surface area contributed by atoms with Crippen molar-refractivity contribution in [1.29, 1.82) is 0 Å². The number of aromatic nitrogens is 2. The van der Waals surface area contributed by atoms with Gasteiger partial charge in [0.05, 0.1) is 0 Å². The van der Waals surface area contributed by atoms with Crippen LogP contribution in [0.15, 0.2) is 97.1 Å². The molecule has 7 heteroatoms. The maximum absolute atomic E-state index is 17.1. The van der Waals surface area contributed by atoms with Crippen molar-refractivity contribution in [3.8, 4) is 0 Å². The van der Waals surface area contributed by atoms with E-state index in [4.69, 9.17) is 0 Å². The number of aryl methyl sites for hydroxylation is 4. The third kappa shape index (κ3) is 4.85. The molecule has 2 heterocycles. The van der Waals surface area contributed by atoms with Crippen molar-refractivity contribution in [2.24, 2.45) is 0 Å². The van der Waals surface area contributed by atoms with E-state index in [1.165, 1.54) is 24.3 Å². The van der Waals surface area contributed by atoms with Crippen molar-refractivity contribution >= 4 is 7.74 Å². The number of allylic oxidation sites excluding steroid dienone is 8. The van der Waals surface area contributed by atoms with E-state index in [0.29, 0.717) is 11.1 Å². The fourth-order valence-electron chi connectivity index (χ4n) is 6.92. The minimum absolute atomic E-state index is 0.148. The second-order valence-corrected chi connectivity index (χ2v) is 18.0. The summed E-state index contributed by atoms with van der Waals surface area (Å²) in [5, 5.41) is 0. The average molecular weight is 619 g/mol. The first-order valence-corrected chi connectivity index (χ1v) is 17.9. The van der Waals surface area contributed by atoms with E-state index in [-0.39, 0.29) is 20.8 Å². The van der Waals surface area contributed by atoms with Gasteiger partial charge in [-0.15, -0.1) is 0 Å². The fraction of sp³-hybridized carbons (Fsp3) is 0.222.